The fourth-order valence-electron chi connectivity index (χ4n) is 3.03. The number of carboxylic acid groups (broad SMARTS) is 1. The van der Waals surface area contributed by atoms with E-state index in [2.05, 4.69) is 4.72 Å². The zero-order valence-electron chi connectivity index (χ0n) is 17.6. The van der Waals surface area contributed by atoms with Crippen LogP contribution in [0.2, 0.25) is 0 Å². The van der Waals surface area contributed by atoms with Gasteiger partial charge in [-0.3, -0.25) is 4.79 Å². The minimum atomic E-state index is -4.13. The average Bonchev–Trinajstić information content (AvgIpc) is 2.78. The number of hydrogen-bond acceptors (Lipinski definition) is 5. The molecule has 0 amide bonds. The van der Waals surface area contributed by atoms with Crippen LogP contribution in [-0.4, -0.2) is 37.6 Å². The summed E-state index contributed by atoms with van der Waals surface area (Å²) >= 11 is 0. The van der Waals surface area contributed by atoms with E-state index in [0.717, 1.165) is 16.7 Å². The standard InChI is InChI=1S/C24H23NO6S/c1-16-8-14-21(15-9-16)32(29,30)25-22(23(26)27)17(2)31-24(28)20-12-10-19(11-13-20)18-6-4-3-5-7-18/h3-15,17,22,25H,1-2H3,(H,26,27)/t17-,22-/m0/s1. The maximum atomic E-state index is 12.6. The summed E-state index contributed by atoms with van der Waals surface area (Å²) in [7, 11) is -4.13. The van der Waals surface area contributed by atoms with Crippen LogP contribution in [0.25, 0.3) is 11.1 Å². The maximum Gasteiger partial charge on any atom is 0.338 e. The third-order valence-corrected chi connectivity index (χ3v) is 6.33. The monoisotopic (exact) mass is 453 g/mol. The highest BCUT2D eigenvalue weighted by Gasteiger charge is 2.33. The van der Waals surface area contributed by atoms with Gasteiger partial charge < -0.3 is 9.84 Å². The Balaban J connectivity index is 1.71. The zero-order chi connectivity index (χ0) is 23.3. The third kappa shape index (κ3) is 5.60. The lowest BCUT2D eigenvalue weighted by Crippen LogP contribution is -2.49. The van der Waals surface area contributed by atoms with Crippen LogP contribution in [0.15, 0.2) is 83.8 Å². The second-order valence-corrected chi connectivity index (χ2v) is 9.02. The van der Waals surface area contributed by atoms with Gasteiger partial charge in [0, 0.05) is 0 Å². The highest BCUT2D eigenvalue weighted by molar-refractivity contribution is 7.89. The molecule has 0 heterocycles. The molecular formula is C24H23NO6S. The van der Waals surface area contributed by atoms with Crippen LogP contribution in [-0.2, 0) is 19.6 Å². The van der Waals surface area contributed by atoms with Crippen LogP contribution >= 0.6 is 0 Å². The number of sulfonamides is 1. The molecule has 2 N–H and O–H groups in total. The van der Waals surface area contributed by atoms with Crippen LogP contribution in [0.4, 0.5) is 0 Å². The van der Waals surface area contributed by atoms with Gasteiger partial charge in [-0.15, -0.1) is 0 Å². The van der Waals surface area contributed by atoms with E-state index in [1.165, 1.54) is 19.1 Å². The molecule has 0 aliphatic heterocycles. The molecular weight excluding hydrogens is 430 g/mol. The van der Waals surface area contributed by atoms with Crippen molar-refractivity contribution in [1.29, 1.82) is 0 Å². The van der Waals surface area contributed by atoms with Crippen molar-refractivity contribution in [1.82, 2.24) is 4.72 Å². The lowest BCUT2D eigenvalue weighted by Gasteiger charge is -2.22. The number of ether oxygens (including phenoxy) is 1. The van der Waals surface area contributed by atoms with E-state index >= 15 is 0 Å². The van der Waals surface area contributed by atoms with E-state index in [9.17, 15) is 23.1 Å². The maximum absolute atomic E-state index is 12.6. The van der Waals surface area contributed by atoms with E-state index in [0.29, 0.717) is 0 Å². The van der Waals surface area contributed by atoms with E-state index in [1.807, 2.05) is 30.3 Å². The number of carbonyl (C=O) groups is 2. The molecule has 0 unspecified atom stereocenters. The molecule has 0 spiro atoms. The lowest BCUT2D eigenvalue weighted by molar-refractivity contribution is -0.141. The van der Waals surface area contributed by atoms with Crippen LogP contribution in [0, 0.1) is 6.92 Å². The van der Waals surface area contributed by atoms with Crippen molar-refractivity contribution >= 4 is 22.0 Å². The summed E-state index contributed by atoms with van der Waals surface area (Å²) < 4.78 is 32.5. The summed E-state index contributed by atoms with van der Waals surface area (Å²) in [6.07, 6.45) is -1.26. The SMILES string of the molecule is Cc1ccc(S(=O)(=O)N[C@H](C(=O)O)[C@H](C)OC(=O)c2ccc(-c3ccccc3)cc2)cc1. The fourth-order valence-corrected chi connectivity index (χ4v) is 4.29. The van der Waals surface area contributed by atoms with E-state index in [4.69, 9.17) is 4.74 Å². The number of rotatable bonds is 8. The molecule has 8 heteroatoms. The average molecular weight is 454 g/mol. The number of hydrogen-bond donors (Lipinski definition) is 2. The number of aryl methyl sites for hydroxylation is 1. The first-order valence-electron chi connectivity index (χ1n) is 9.85. The number of aliphatic carboxylic acids is 1. The van der Waals surface area contributed by atoms with Gasteiger partial charge in [-0.1, -0.05) is 60.2 Å². The smallest absolute Gasteiger partial charge is 0.338 e. The first-order chi connectivity index (χ1) is 15.2. The Kier molecular flexibility index (Phi) is 7.07. The number of nitrogens with one attached hydrogen (secondary N) is 1. The van der Waals surface area contributed by atoms with Crippen molar-refractivity contribution < 1.29 is 27.9 Å². The number of carboxylic acids is 1. The summed E-state index contributed by atoms with van der Waals surface area (Å²) in [4.78, 5) is 24.1. The van der Waals surface area contributed by atoms with Crippen molar-refractivity contribution in [3.05, 3.63) is 90.0 Å². The first-order valence-corrected chi connectivity index (χ1v) is 11.3. The van der Waals surface area contributed by atoms with E-state index in [-0.39, 0.29) is 10.5 Å². The van der Waals surface area contributed by atoms with Gasteiger partial charge in [0.25, 0.3) is 0 Å². The van der Waals surface area contributed by atoms with Crippen LogP contribution < -0.4 is 4.72 Å². The van der Waals surface area contributed by atoms with Crippen molar-refractivity contribution in [2.24, 2.45) is 0 Å². The van der Waals surface area contributed by atoms with Crippen molar-refractivity contribution in [3.63, 3.8) is 0 Å². The molecule has 0 radical (unpaired) electrons. The van der Waals surface area contributed by atoms with Crippen molar-refractivity contribution in [2.75, 3.05) is 0 Å². The predicted octanol–water partition coefficient (Wildman–Crippen LogP) is 3.64. The fraction of sp³-hybridized carbons (Fsp3) is 0.167. The molecule has 0 aliphatic carbocycles. The largest absolute Gasteiger partial charge is 0.480 e. The first kappa shape index (κ1) is 23.2. The van der Waals surface area contributed by atoms with Gasteiger partial charge in [-0.25, -0.2) is 13.2 Å². The molecule has 0 bridgehead atoms. The normalized spacial score (nSPS) is 13.2. The molecule has 0 fully saturated rings. The van der Waals surface area contributed by atoms with Crippen LogP contribution in [0.3, 0.4) is 0 Å². The Morgan fingerprint density at radius 2 is 1.44 bits per heavy atom. The van der Waals surface area contributed by atoms with Crippen LogP contribution in [0.1, 0.15) is 22.8 Å². The van der Waals surface area contributed by atoms with Gasteiger partial charge in [-0.2, -0.15) is 4.72 Å². The quantitative estimate of drug-likeness (QED) is 0.504. The second kappa shape index (κ2) is 9.76. The minimum Gasteiger partial charge on any atom is -0.480 e. The Morgan fingerprint density at radius 1 is 0.875 bits per heavy atom. The summed E-state index contributed by atoms with van der Waals surface area (Å²) in [5.41, 5.74) is 2.98. The summed E-state index contributed by atoms with van der Waals surface area (Å²) in [5, 5.41) is 9.53. The van der Waals surface area contributed by atoms with Gasteiger partial charge in [0.15, 0.2) is 6.04 Å². The molecule has 0 saturated carbocycles. The topological polar surface area (TPSA) is 110 Å². The highest BCUT2D eigenvalue weighted by Crippen LogP contribution is 2.20. The highest BCUT2D eigenvalue weighted by atomic mass is 32.2. The van der Waals surface area contributed by atoms with Gasteiger partial charge in [-0.05, 0) is 49.2 Å². The molecule has 3 aromatic carbocycles. The molecule has 7 nitrogen and oxygen atoms in total. The van der Waals surface area contributed by atoms with Crippen molar-refractivity contribution in [2.45, 2.75) is 30.9 Å². The minimum absolute atomic E-state index is 0.0793. The van der Waals surface area contributed by atoms with Gasteiger partial charge in [0.1, 0.15) is 6.10 Å². The molecule has 0 aromatic heterocycles. The molecule has 3 rings (SSSR count). The van der Waals surface area contributed by atoms with Gasteiger partial charge >= 0.3 is 11.9 Å². The Morgan fingerprint density at radius 3 is 2.00 bits per heavy atom. The van der Waals surface area contributed by atoms with Gasteiger partial charge in [0.2, 0.25) is 10.0 Å². The summed E-state index contributed by atoms with van der Waals surface area (Å²) in [5.74, 6) is -2.21. The second-order valence-electron chi connectivity index (χ2n) is 7.30. The Labute approximate surface area is 186 Å². The molecule has 166 valence electrons. The number of esters is 1. The molecule has 3 aromatic rings. The molecule has 0 saturated heterocycles. The predicted molar refractivity (Wildman–Crippen MR) is 120 cm³/mol. The number of carbonyl (C=O) groups excluding carboxylic acids is 1. The Hall–Kier alpha value is -3.49. The number of benzene rings is 3. The molecule has 0 aliphatic rings. The van der Waals surface area contributed by atoms with Crippen molar-refractivity contribution in [3.8, 4) is 11.1 Å². The van der Waals surface area contributed by atoms with E-state index < -0.39 is 34.1 Å². The molecule has 2 atom stereocenters. The third-order valence-electron chi connectivity index (χ3n) is 4.87. The Bertz CT molecular complexity index is 1190. The summed E-state index contributed by atoms with van der Waals surface area (Å²) in [6, 6.07) is 20.6. The lowest BCUT2D eigenvalue weighted by atomic mass is 10.0. The summed E-state index contributed by atoms with van der Waals surface area (Å²) in [6.45, 7) is 3.13. The zero-order valence-corrected chi connectivity index (χ0v) is 18.4. The van der Waals surface area contributed by atoms with E-state index in [1.54, 1.807) is 43.3 Å². The van der Waals surface area contributed by atoms with Crippen LogP contribution in [0.5, 0.6) is 0 Å². The molecule has 32 heavy (non-hydrogen) atoms. The van der Waals surface area contributed by atoms with Gasteiger partial charge in [0.05, 0.1) is 10.5 Å².